The number of nitro groups is 1. The number of carbonyl (C=O) groups excluding carboxylic acids is 1. The van der Waals surface area contributed by atoms with Crippen LogP contribution in [0.2, 0.25) is 0 Å². The summed E-state index contributed by atoms with van der Waals surface area (Å²) in [6, 6.07) is 4.43. The van der Waals surface area contributed by atoms with Gasteiger partial charge < -0.3 is 4.90 Å². The standard InChI is InChI=1S/C12H13IN2O3S/c13-11-3-2-9(15(17)18)8-10(11)12(16)14-4-1-6-19-7-5-14/h2-3,8H,1,4-7H2. The summed E-state index contributed by atoms with van der Waals surface area (Å²) in [5, 5.41) is 10.8. The van der Waals surface area contributed by atoms with Crippen LogP contribution in [-0.2, 0) is 0 Å². The van der Waals surface area contributed by atoms with E-state index in [4.69, 9.17) is 0 Å². The van der Waals surface area contributed by atoms with Crippen LogP contribution in [0.15, 0.2) is 18.2 Å². The normalized spacial score (nSPS) is 15.9. The van der Waals surface area contributed by atoms with Gasteiger partial charge in [0.25, 0.3) is 11.6 Å². The zero-order chi connectivity index (χ0) is 13.8. The van der Waals surface area contributed by atoms with Gasteiger partial charge in [0.2, 0.25) is 0 Å². The largest absolute Gasteiger partial charge is 0.338 e. The van der Waals surface area contributed by atoms with Crippen molar-refractivity contribution >= 4 is 45.9 Å². The monoisotopic (exact) mass is 392 g/mol. The molecule has 5 nitrogen and oxygen atoms in total. The summed E-state index contributed by atoms with van der Waals surface area (Å²) in [5.74, 6) is 1.89. The molecule has 1 aromatic carbocycles. The van der Waals surface area contributed by atoms with Crippen molar-refractivity contribution in [2.24, 2.45) is 0 Å². The Hall–Kier alpha value is -0.830. The minimum atomic E-state index is -0.467. The highest BCUT2D eigenvalue weighted by Crippen LogP contribution is 2.22. The van der Waals surface area contributed by atoms with Crippen LogP contribution in [-0.4, -0.2) is 40.3 Å². The molecule has 1 saturated heterocycles. The van der Waals surface area contributed by atoms with Crippen LogP contribution < -0.4 is 0 Å². The predicted octanol–water partition coefficient (Wildman–Crippen LogP) is 2.78. The van der Waals surface area contributed by atoms with E-state index in [1.807, 2.05) is 34.4 Å². The van der Waals surface area contributed by atoms with Gasteiger partial charge in [-0.2, -0.15) is 11.8 Å². The third-order valence-electron chi connectivity index (χ3n) is 2.90. The van der Waals surface area contributed by atoms with E-state index in [0.29, 0.717) is 12.1 Å². The summed E-state index contributed by atoms with van der Waals surface area (Å²) in [6.45, 7) is 1.44. The van der Waals surface area contributed by atoms with Gasteiger partial charge in [0.15, 0.2) is 0 Å². The molecule has 0 N–H and O–H groups in total. The number of rotatable bonds is 2. The van der Waals surface area contributed by atoms with Crippen LogP contribution in [0.1, 0.15) is 16.8 Å². The fourth-order valence-corrected chi connectivity index (χ4v) is 3.36. The second-order valence-electron chi connectivity index (χ2n) is 4.18. The third-order valence-corrected chi connectivity index (χ3v) is 4.89. The highest BCUT2D eigenvalue weighted by atomic mass is 127. The SMILES string of the molecule is O=C(c1cc([N+](=O)[O-])ccc1I)N1CCCSCC1. The Kier molecular flexibility index (Phi) is 5.03. The maximum absolute atomic E-state index is 12.4. The lowest BCUT2D eigenvalue weighted by atomic mass is 10.1. The molecule has 0 atom stereocenters. The van der Waals surface area contributed by atoms with Gasteiger partial charge in [-0.05, 0) is 40.8 Å². The van der Waals surface area contributed by atoms with Gasteiger partial charge >= 0.3 is 0 Å². The Bertz CT molecular complexity index is 502. The van der Waals surface area contributed by atoms with Crippen molar-refractivity contribution in [2.45, 2.75) is 6.42 Å². The predicted molar refractivity (Wildman–Crippen MR) is 83.7 cm³/mol. The number of hydrogen-bond donors (Lipinski definition) is 0. The number of nitrogens with zero attached hydrogens (tertiary/aromatic N) is 2. The van der Waals surface area contributed by atoms with Gasteiger partial charge in [-0.15, -0.1) is 0 Å². The van der Waals surface area contributed by atoms with Crippen molar-refractivity contribution in [1.29, 1.82) is 0 Å². The molecule has 1 aliphatic rings. The Morgan fingerprint density at radius 2 is 2.16 bits per heavy atom. The summed E-state index contributed by atoms with van der Waals surface area (Å²) >= 11 is 3.89. The van der Waals surface area contributed by atoms with E-state index in [1.54, 1.807) is 11.0 Å². The van der Waals surface area contributed by atoms with E-state index in [9.17, 15) is 14.9 Å². The van der Waals surface area contributed by atoms with Crippen LogP contribution in [0.5, 0.6) is 0 Å². The van der Waals surface area contributed by atoms with Crippen LogP contribution >= 0.6 is 34.4 Å². The van der Waals surface area contributed by atoms with Gasteiger partial charge in [0, 0.05) is 34.5 Å². The van der Waals surface area contributed by atoms with Crippen LogP contribution in [0.25, 0.3) is 0 Å². The van der Waals surface area contributed by atoms with Crippen molar-refractivity contribution in [3.63, 3.8) is 0 Å². The molecule has 102 valence electrons. The molecule has 0 aromatic heterocycles. The Balaban J connectivity index is 2.26. The quantitative estimate of drug-likeness (QED) is 0.441. The number of benzene rings is 1. The van der Waals surface area contributed by atoms with E-state index in [-0.39, 0.29) is 11.6 Å². The molecule has 0 aliphatic carbocycles. The number of non-ortho nitro benzene ring substituents is 1. The first-order valence-corrected chi connectivity index (χ1v) is 8.14. The van der Waals surface area contributed by atoms with Crippen molar-refractivity contribution in [3.8, 4) is 0 Å². The number of thioether (sulfide) groups is 1. The van der Waals surface area contributed by atoms with E-state index < -0.39 is 4.92 Å². The minimum absolute atomic E-state index is 0.0343. The van der Waals surface area contributed by atoms with E-state index in [0.717, 1.165) is 28.0 Å². The number of nitro benzene ring substituents is 1. The van der Waals surface area contributed by atoms with Crippen LogP contribution in [0, 0.1) is 13.7 Å². The fraction of sp³-hybridized carbons (Fsp3) is 0.417. The smallest absolute Gasteiger partial charge is 0.270 e. The summed E-state index contributed by atoms with van der Waals surface area (Å²) in [4.78, 5) is 24.6. The lowest BCUT2D eigenvalue weighted by Gasteiger charge is -2.20. The molecule has 2 rings (SSSR count). The van der Waals surface area contributed by atoms with Gasteiger partial charge in [0.1, 0.15) is 0 Å². The topological polar surface area (TPSA) is 63.4 Å². The summed E-state index contributed by atoms with van der Waals surface area (Å²) < 4.78 is 0.755. The molecule has 1 heterocycles. The maximum atomic E-state index is 12.4. The molecule has 0 bridgehead atoms. The minimum Gasteiger partial charge on any atom is -0.338 e. The second-order valence-corrected chi connectivity index (χ2v) is 6.57. The molecule has 1 amide bonds. The van der Waals surface area contributed by atoms with Gasteiger partial charge in [-0.1, -0.05) is 0 Å². The van der Waals surface area contributed by atoms with Gasteiger partial charge in [-0.25, -0.2) is 0 Å². The molecule has 19 heavy (non-hydrogen) atoms. The first kappa shape index (κ1) is 14.6. The summed E-state index contributed by atoms with van der Waals surface area (Å²) in [7, 11) is 0. The summed E-state index contributed by atoms with van der Waals surface area (Å²) in [5.41, 5.74) is 0.398. The molecule has 1 aromatic rings. The highest BCUT2D eigenvalue weighted by molar-refractivity contribution is 14.1. The Morgan fingerprint density at radius 3 is 2.89 bits per heavy atom. The lowest BCUT2D eigenvalue weighted by Crippen LogP contribution is -2.33. The Labute approximate surface area is 129 Å². The summed E-state index contributed by atoms with van der Waals surface area (Å²) in [6.07, 6.45) is 0.974. The molecule has 0 saturated carbocycles. The van der Waals surface area contributed by atoms with E-state index in [2.05, 4.69) is 0 Å². The highest BCUT2D eigenvalue weighted by Gasteiger charge is 2.21. The zero-order valence-corrected chi connectivity index (χ0v) is 13.1. The molecule has 1 fully saturated rings. The van der Waals surface area contributed by atoms with Crippen molar-refractivity contribution in [1.82, 2.24) is 4.90 Å². The molecule has 0 radical (unpaired) electrons. The van der Waals surface area contributed by atoms with Crippen molar-refractivity contribution in [2.75, 3.05) is 24.6 Å². The van der Waals surface area contributed by atoms with Crippen LogP contribution in [0.3, 0.4) is 0 Å². The average Bonchev–Trinajstić information content (AvgIpc) is 2.67. The molecule has 0 spiro atoms. The van der Waals surface area contributed by atoms with Crippen molar-refractivity contribution < 1.29 is 9.72 Å². The van der Waals surface area contributed by atoms with E-state index >= 15 is 0 Å². The maximum Gasteiger partial charge on any atom is 0.270 e. The zero-order valence-electron chi connectivity index (χ0n) is 10.2. The number of carbonyl (C=O) groups is 1. The number of halogens is 1. The van der Waals surface area contributed by atoms with E-state index in [1.165, 1.54) is 12.1 Å². The van der Waals surface area contributed by atoms with Gasteiger partial charge in [0.05, 0.1) is 10.5 Å². The third kappa shape index (κ3) is 3.59. The molecular formula is C12H13IN2O3S. The van der Waals surface area contributed by atoms with Gasteiger partial charge in [-0.3, -0.25) is 14.9 Å². The molecule has 7 heteroatoms. The lowest BCUT2D eigenvalue weighted by molar-refractivity contribution is -0.384. The average molecular weight is 392 g/mol. The second kappa shape index (κ2) is 6.56. The number of hydrogen-bond acceptors (Lipinski definition) is 4. The van der Waals surface area contributed by atoms with Crippen LogP contribution in [0.4, 0.5) is 5.69 Å². The Morgan fingerprint density at radius 1 is 1.37 bits per heavy atom. The molecular weight excluding hydrogens is 379 g/mol. The first-order chi connectivity index (χ1) is 9.09. The first-order valence-electron chi connectivity index (χ1n) is 5.90. The fourth-order valence-electron chi connectivity index (χ4n) is 1.91. The molecule has 0 unspecified atom stereocenters. The van der Waals surface area contributed by atoms with Crippen molar-refractivity contribution in [3.05, 3.63) is 37.4 Å². The molecule has 1 aliphatic heterocycles. The number of amides is 1.